The van der Waals surface area contributed by atoms with Crippen molar-refractivity contribution in [1.82, 2.24) is 19.6 Å². The van der Waals surface area contributed by atoms with E-state index in [0.29, 0.717) is 30.0 Å². The number of carbonyl (C=O) groups is 1. The summed E-state index contributed by atoms with van der Waals surface area (Å²) in [5.41, 5.74) is 2.65. The van der Waals surface area contributed by atoms with Crippen LogP contribution in [0.25, 0.3) is 11.3 Å². The molecular formula is C22H23FN4O. The van der Waals surface area contributed by atoms with Crippen LogP contribution >= 0.6 is 0 Å². The van der Waals surface area contributed by atoms with Crippen molar-refractivity contribution < 1.29 is 9.18 Å². The molecule has 6 heteroatoms. The lowest BCUT2D eigenvalue weighted by molar-refractivity contribution is 0.0618. The molecule has 28 heavy (non-hydrogen) atoms. The lowest BCUT2D eigenvalue weighted by atomic mass is 10.1. The fraction of sp³-hybridized carbons (Fsp3) is 0.273. The Labute approximate surface area is 164 Å². The molecule has 1 aliphatic rings. The van der Waals surface area contributed by atoms with Gasteiger partial charge in [0.2, 0.25) is 0 Å². The number of carbonyl (C=O) groups excluding carboxylic acids is 1. The zero-order chi connectivity index (χ0) is 19.5. The van der Waals surface area contributed by atoms with Gasteiger partial charge in [-0.2, -0.15) is 5.10 Å². The Morgan fingerprint density at radius 3 is 2.39 bits per heavy atom. The number of rotatable bonds is 4. The topological polar surface area (TPSA) is 41.4 Å². The second-order valence-corrected chi connectivity index (χ2v) is 7.07. The van der Waals surface area contributed by atoms with Crippen LogP contribution in [-0.2, 0) is 13.6 Å². The predicted molar refractivity (Wildman–Crippen MR) is 106 cm³/mol. The summed E-state index contributed by atoms with van der Waals surface area (Å²) in [6.45, 7) is 3.90. The van der Waals surface area contributed by atoms with Crippen molar-refractivity contribution in [3.8, 4) is 11.3 Å². The molecule has 0 N–H and O–H groups in total. The minimum atomic E-state index is -0.339. The zero-order valence-electron chi connectivity index (χ0n) is 15.9. The maximum absolute atomic E-state index is 14.0. The number of aryl methyl sites for hydroxylation is 1. The summed E-state index contributed by atoms with van der Waals surface area (Å²) in [6, 6.07) is 18.5. The van der Waals surface area contributed by atoms with Gasteiger partial charge in [0, 0.05) is 45.3 Å². The molecule has 0 saturated carbocycles. The van der Waals surface area contributed by atoms with E-state index in [0.717, 1.165) is 19.6 Å². The number of amides is 1. The minimum absolute atomic E-state index is 0.0584. The van der Waals surface area contributed by atoms with E-state index in [-0.39, 0.29) is 11.7 Å². The van der Waals surface area contributed by atoms with E-state index >= 15 is 0 Å². The second kappa shape index (κ2) is 7.94. The Morgan fingerprint density at radius 2 is 1.68 bits per heavy atom. The van der Waals surface area contributed by atoms with Crippen LogP contribution in [0, 0.1) is 5.82 Å². The van der Waals surface area contributed by atoms with E-state index in [1.807, 2.05) is 23.1 Å². The molecule has 1 amide bonds. The van der Waals surface area contributed by atoms with Crippen LogP contribution in [0.3, 0.4) is 0 Å². The normalized spacial score (nSPS) is 15.0. The predicted octanol–water partition coefficient (Wildman–Crippen LogP) is 3.18. The molecule has 0 bridgehead atoms. The molecule has 0 aliphatic carbocycles. The monoisotopic (exact) mass is 378 g/mol. The molecule has 4 rings (SSSR count). The summed E-state index contributed by atoms with van der Waals surface area (Å²) in [6.07, 6.45) is 0. The molecule has 1 aliphatic heterocycles. The van der Waals surface area contributed by atoms with Crippen molar-refractivity contribution in [2.75, 3.05) is 26.2 Å². The van der Waals surface area contributed by atoms with Crippen LogP contribution in [0.2, 0.25) is 0 Å². The van der Waals surface area contributed by atoms with Crippen LogP contribution in [0.15, 0.2) is 60.7 Å². The van der Waals surface area contributed by atoms with Crippen LogP contribution in [0.5, 0.6) is 0 Å². The summed E-state index contributed by atoms with van der Waals surface area (Å²) in [4.78, 5) is 17.2. The third-order valence-corrected chi connectivity index (χ3v) is 5.16. The number of hydrogen-bond acceptors (Lipinski definition) is 3. The van der Waals surface area contributed by atoms with Crippen molar-refractivity contribution in [1.29, 1.82) is 0 Å². The van der Waals surface area contributed by atoms with Crippen LogP contribution < -0.4 is 0 Å². The average molecular weight is 378 g/mol. The number of hydrogen-bond donors (Lipinski definition) is 0. The molecule has 1 fully saturated rings. The van der Waals surface area contributed by atoms with Gasteiger partial charge < -0.3 is 4.90 Å². The highest BCUT2D eigenvalue weighted by Crippen LogP contribution is 2.23. The molecule has 0 unspecified atom stereocenters. The number of piperazine rings is 1. The van der Waals surface area contributed by atoms with Gasteiger partial charge in [0.25, 0.3) is 5.91 Å². The maximum atomic E-state index is 14.0. The third kappa shape index (κ3) is 3.82. The van der Waals surface area contributed by atoms with E-state index in [1.165, 1.54) is 11.6 Å². The number of nitrogens with zero attached hydrogens (tertiary/aromatic N) is 4. The number of benzene rings is 2. The standard InChI is InChI=1S/C22H23FN4O/c1-25-21(15-20(24-25)18-9-5-6-10-19(18)23)22(28)27-13-11-26(12-14-27)16-17-7-3-2-4-8-17/h2-10,15H,11-14,16H2,1H3. The van der Waals surface area contributed by atoms with Gasteiger partial charge in [0.15, 0.2) is 0 Å². The first-order valence-electron chi connectivity index (χ1n) is 9.46. The lowest BCUT2D eigenvalue weighted by Gasteiger charge is -2.34. The zero-order valence-corrected chi connectivity index (χ0v) is 15.9. The highest BCUT2D eigenvalue weighted by molar-refractivity contribution is 5.93. The Bertz CT molecular complexity index is 962. The van der Waals surface area contributed by atoms with Gasteiger partial charge in [-0.15, -0.1) is 0 Å². The lowest BCUT2D eigenvalue weighted by Crippen LogP contribution is -2.48. The number of aromatic nitrogens is 2. The third-order valence-electron chi connectivity index (χ3n) is 5.16. The van der Waals surface area contributed by atoms with Gasteiger partial charge in [-0.3, -0.25) is 14.4 Å². The quantitative estimate of drug-likeness (QED) is 0.700. The summed E-state index contributed by atoms with van der Waals surface area (Å²) in [7, 11) is 1.73. The fourth-order valence-corrected chi connectivity index (χ4v) is 3.58. The molecule has 144 valence electrons. The van der Waals surface area contributed by atoms with Crippen LogP contribution in [-0.4, -0.2) is 51.7 Å². The van der Waals surface area contributed by atoms with Crippen molar-refractivity contribution in [2.24, 2.45) is 7.05 Å². The molecule has 1 aromatic heterocycles. The van der Waals surface area contributed by atoms with E-state index in [2.05, 4.69) is 22.1 Å². The van der Waals surface area contributed by atoms with Gasteiger partial charge in [-0.1, -0.05) is 42.5 Å². The summed E-state index contributed by atoms with van der Waals surface area (Å²) < 4.78 is 15.6. The summed E-state index contributed by atoms with van der Waals surface area (Å²) in [5, 5.41) is 4.35. The Morgan fingerprint density at radius 1 is 1.00 bits per heavy atom. The SMILES string of the molecule is Cn1nc(-c2ccccc2F)cc1C(=O)N1CCN(Cc2ccccc2)CC1. The largest absolute Gasteiger partial charge is 0.335 e. The van der Waals surface area contributed by atoms with Gasteiger partial charge in [0.05, 0.1) is 5.69 Å². The second-order valence-electron chi connectivity index (χ2n) is 7.07. The van der Waals surface area contributed by atoms with Crippen molar-refractivity contribution in [3.05, 3.63) is 77.7 Å². The molecule has 0 radical (unpaired) electrons. The van der Waals surface area contributed by atoms with Gasteiger partial charge in [0.1, 0.15) is 11.5 Å². The Balaban J connectivity index is 1.42. The summed E-state index contributed by atoms with van der Waals surface area (Å²) in [5.74, 6) is -0.397. The first-order chi connectivity index (χ1) is 13.6. The molecule has 0 atom stereocenters. The van der Waals surface area contributed by atoms with Gasteiger partial charge >= 0.3 is 0 Å². The van der Waals surface area contributed by atoms with Crippen LogP contribution in [0.1, 0.15) is 16.1 Å². The molecule has 1 saturated heterocycles. The first kappa shape index (κ1) is 18.4. The van der Waals surface area contributed by atoms with E-state index in [4.69, 9.17) is 0 Å². The average Bonchev–Trinajstić information content (AvgIpc) is 3.10. The van der Waals surface area contributed by atoms with Crippen molar-refractivity contribution in [2.45, 2.75) is 6.54 Å². The van der Waals surface area contributed by atoms with E-state index < -0.39 is 0 Å². The molecular weight excluding hydrogens is 355 g/mol. The van der Waals surface area contributed by atoms with Gasteiger partial charge in [-0.05, 0) is 23.8 Å². The molecule has 2 heterocycles. The van der Waals surface area contributed by atoms with E-state index in [9.17, 15) is 9.18 Å². The first-order valence-corrected chi connectivity index (χ1v) is 9.46. The molecule has 5 nitrogen and oxygen atoms in total. The van der Waals surface area contributed by atoms with Crippen molar-refractivity contribution >= 4 is 5.91 Å². The Hall–Kier alpha value is -2.99. The van der Waals surface area contributed by atoms with Crippen LogP contribution in [0.4, 0.5) is 4.39 Å². The van der Waals surface area contributed by atoms with E-state index in [1.54, 1.807) is 36.0 Å². The molecule has 2 aromatic carbocycles. The molecule has 0 spiro atoms. The molecule has 3 aromatic rings. The maximum Gasteiger partial charge on any atom is 0.272 e. The van der Waals surface area contributed by atoms with Crippen molar-refractivity contribution in [3.63, 3.8) is 0 Å². The summed E-state index contributed by atoms with van der Waals surface area (Å²) >= 11 is 0. The highest BCUT2D eigenvalue weighted by atomic mass is 19.1. The highest BCUT2D eigenvalue weighted by Gasteiger charge is 2.25. The number of halogens is 1. The Kier molecular flexibility index (Phi) is 5.21. The van der Waals surface area contributed by atoms with Gasteiger partial charge in [-0.25, -0.2) is 4.39 Å². The fourth-order valence-electron chi connectivity index (χ4n) is 3.58. The smallest absolute Gasteiger partial charge is 0.272 e. The minimum Gasteiger partial charge on any atom is -0.335 e.